The number of carbonyl (C=O) groups is 1. The van der Waals surface area contributed by atoms with Gasteiger partial charge in [-0.3, -0.25) is 4.79 Å². The number of nitrogens with one attached hydrogen (secondary N) is 1. The highest BCUT2D eigenvalue weighted by Crippen LogP contribution is 2.07. The second-order valence-corrected chi connectivity index (χ2v) is 5.11. The van der Waals surface area contributed by atoms with Crippen LogP contribution in [0.3, 0.4) is 0 Å². The van der Waals surface area contributed by atoms with Crippen LogP contribution in [0.4, 0.5) is 0 Å². The standard InChI is InChI=1S/C12H26N2O.H2/c1-9(2)11(7-8-14(5)6)13-12(15)10(3)4;/h9-11H,7-8H2,1-6H3,(H,13,15);1H/t11-;/m1./s1. The summed E-state index contributed by atoms with van der Waals surface area (Å²) in [4.78, 5) is 13.7. The molecule has 0 aromatic carbocycles. The Hall–Kier alpha value is -0.570. The third-order valence-corrected chi connectivity index (χ3v) is 2.54. The molecule has 0 spiro atoms. The van der Waals surface area contributed by atoms with Gasteiger partial charge in [-0.15, -0.1) is 0 Å². The largest absolute Gasteiger partial charge is 0.353 e. The molecule has 92 valence electrons. The van der Waals surface area contributed by atoms with Crippen molar-refractivity contribution < 1.29 is 6.22 Å². The molecule has 15 heavy (non-hydrogen) atoms. The van der Waals surface area contributed by atoms with Crippen molar-refractivity contribution in [2.24, 2.45) is 11.8 Å². The summed E-state index contributed by atoms with van der Waals surface area (Å²) < 4.78 is 0. The molecule has 0 aliphatic heterocycles. The van der Waals surface area contributed by atoms with E-state index in [1.165, 1.54) is 0 Å². The van der Waals surface area contributed by atoms with Gasteiger partial charge in [0.1, 0.15) is 0 Å². The van der Waals surface area contributed by atoms with Gasteiger partial charge in [-0.2, -0.15) is 0 Å². The van der Waals surface area contributed by atoms with Gasteiger partial charge in [0.15, 0.2) is 0 Å². The molecule has 0 aromatic heterocycles. The number of nitrogens with zero attached hydrogens (tertiary/aromatic N) is 1. The van der Waals surface area contributed by atoms with Crippen LogP contribution < -0.4 is 5.32 Å². The Morgan fingerprint density at radius 2 is 1.80 bits per heavy atom. The quantitative estimate of drug-likeness (QED) is 0.736. The Balaban J connectivity index is 0. The molecule has 1 atom stereocenters. The van der Waals surface area contributed by atoms with Gasteiger partial charge >= 0.3 is 0 Å². The van der Waals surface area contributed by atoms with E-state index in [1.54, 1.807) is 0 Å². The second kappa shape index (κ2) is 6.83. The Morgan fingerprint density at radius 1 is 1.27 bits per heavy atom. The Bertz CT molecular complexity index is 193. The molecule has 1 N–H and O–H groups in total. The van der Waals surface area contributed by atoms with E-state index in [0.29, 0.717) is 12.0 Å². The van der Waals surface area contributed by atoms with Crippen molar-refractivity contribution in [3.8, 4) is 0 Å². The molecule has 0 aromatic rings. The molecule has 0 rings (SSSR count). The lowest BCUT2D eigenvalue weighted by Gasteiger charge is -2.24. The molecule has 0 saturated heterocycles. The van der Waals surface area contributed by atoms with Crippen LogP contribution in [-0.4, -0.2) is 37.5 Å². The number of hydrogen-bond donors (Lipinski definition) is 1. The predicted octanol–water partition coefficient (Wildman–Crippen LogP) is 1.98. The summed E-state index contributed by atoms with van der Waals surface area (Å²) in [6.07, 6.45) is 1.02. The maximum absolute atomic E-state index is 11.6. The molecule has 0 saturated carbocycles. The summed E-state index contributed by atoms with van der Waals surface area (Å²) in [5.74, 6) is 0.728. The maximum Gasteiger partial charge on any atom is 0.222 e. The van der Waals surface area contributed by atoms with E-state index in [0.717, 1.165) is 13.0 Å². The molecule has 3 heteroatoms. The van der Waals surface area contributed by atoms with E-state index >= 15 is 0 Å². The summed E-state index contributed by atoms with van der Waals surface area (Å²) in [5.41, 5.74) is 0. The van der Waals surface area contributed by atoms with E-state index in [4.69, 9.17) is 0 Å². The minimum Gasteiger partial charge on any atom is -0.353 e. The summed E-state index contributed by atoms with van der Waals surface area (Å²) in [6, 6.07) is 0.294. The third-order valence-electron chi connectivity index (χ3n) is 2.54. The smallest absolute Gasteiger partial charge is 0.222 e. The zero-order valence-electron chi connectivity index (χ0n) is 11.0. The fourth-order valence-corrected chi connectivity index (χ4v) is 1.32. The Labute approximate surface area is 95.7 Å². The zero-order valence-corrected chi connectivity index (χ0v) is 11.0. The van der Waals surface area contributed by atoms with Crippen molar-refractivity contribution in [1.29, 1.82) is 0 Å². The number of amides is 1. The second-order valence-electron chi connectivity index (χ2n) is 5.11. The number of carbonyl (C=O) groups excluding carboxylic acids is 1. The van der Waals surface area contributed by atoms with Crippen molar-refractivity contribution in [3.63, 3.8) is 0 Å². The van der Waals surface area contributed by atoms with Crippen LogP contribution in [-0.2, 0) is 4.79 Å². The van der Waals surface area contributed by atoms with Crippen molar-refractivity contribution in [1.82, 2.24) is 10.2 Å². The third kappa shape index (κ3) is 6.50. The van der Waals surface area contributed by atoms with Gasteiger partial charge in [0.25, 0.3) is 0 Å². The van der Waals surface area contributed by atoms with Gasteiger partial charge in [0, 0.05) is 13.4 Å². The van der Waals surface area contributed by atoms with Gasteiger partial charge in [-0.1, -0.05) is 27.7 Å². The first-order chi connectivity index (χ1) is 6.84. The fourth-order valence-electron chi connectivity index (χ4n) is 1.32. The first kappa shape index (κ1) is 14.4. The molecule has 0 heterocycles. The van der Waals surface area contributed by atoms with Crippen LogP contribution in [0.2, 0.25) is 0 Å². The highest BCUT2D eigenvalue weighted by molar-refractivity contribution is 5.78. The zero-order chi connectivity index (χ0) is 12.0. The monoisotopic (exact) mass is 216 g/mol. The topological polar surface area (TPSA) is 32.3 Å². The van der Waals surface area contributed by atoms with Crippen molar-refractivity contribution in [2.45, 2.75) is 40.2 Å². The molecule has 0 unspecified atom stereocenters. The van der Waals surface area contributed by atoms with Gasteiger partial charge in [-0.05, 0) is 33.0 Å². The molecule has 3 nitrogen and oxygen atoms in total. The van der Waals surface area contributed by atoms with Crippen molar-refractivity contribution in [2.75, 3.05) is 20.6 Å². The summed E-state index contributed by atoms with van der Waals surface area (Å²) in [7, 11) is 4.11. The SMILES string of the molecule is CC(C)C(=O)N[C@H](CCN(C)C)C(C)C.[HH]. The lowest BCUT2D eigenvalue weighted by molar-refractivity contribution is -0.125. The van der Waals surface area contributed by atoms with Crippen LogP contribution in [0.5, 0.6) is 0 Å². The van der Waals surface area contributed by atoms with Crippen LogP contribution in [0, 0.1) is 11.8 Å². The number of hydrogen-bond acceptors (Lipinski definition) is 2. The lowest BCUT2D eigenvalue weighted by Crippen LogP contribution is -2.42. The van der Waals surface area contributed by atoms with E-state index in [1.807, 2.05) is 13.8 Å². The average molecular weight is 216 g/mol. The van der Waals surface area contributed by atoms with Crippen molar-refractivity contribution >= 4 is 5.91 Å². The predicted molar refractivity (Wildman–Crippen MR) is 66.9 cm³/mol. The van der Waals surface area contributed by atoms with E-state index in [2.05, 4.69) is 38.2 Å². The van der Waals surface area contributed by atoms with Crippen LogP contribution in [0.1, 0.15) is 35.5 Å². The molecular formula is C12H28N2O. The lowest BCUT2D eigenvalue weighted by atomic mass is 10.00. The van der Waals surface area contributed by atoms with Gasteiger partial charge in [-0.25, -0.2) is 0 Å². The van der Waals surface area contributed by atoms with Crippen molar-refractivity contribution in [3.05, 3.63) is 0 Å². The molecule has 0 fully saturated rings. The Morgan fingerprint density at radius 3 is 2.13 bits per heavy atom. The summed E-state index contributed by atoms with van der Waals surface area (Å²) in [6.45, 7) is 9.18. The van der Waals surface area contributed by atoms with Crippen LogP contribution in [0.25, 0.3) is 0 Å². The van der Waals surface area contributed by atoms with E-state index in [9.17, 15) is 4.79 Å². The highest BCUT2D eigenvalue weighted by atomic mass is 16.1. The van der Waals surface area contributed by atoms with Crippen LogP contribution in [0.15, 0.2) is 0 Å². The molecule has 0 aliphatic carbocycles. The summed E-state index contributed by atoms with van der Waals surface area (Å²) in [5, 5.41) is 3.11. The molecular weight excluding hydrogens is 188 g/mol. The van der Waals surface area contributed by atoms with E-state index in [-0.39, 0.29) is 13.3 Å². The van der Waals surface area contributed by atoms with Gasteiger partial charge < -0.3 is 10.2 Å². The molecule has 1 amide bonds. The van der Waals surface area contributed by atoms with Crippen LogP contribution >= 0.6 is 0 Å². The fraction of sp³-hybridized carbons (Fsp3) is 0.917. The highest BCUT2D eigenvalue weighted by Gasteiger charge is 2.17. The molecule has 0 aliphatic rings. The summed E-state index contributed by atoms with van der Waals surface area (Å²) >= 11 is 0. The van der Waals surface area contributed by atoms with Gasteiger partial charge in [0.2, 0.25) is 5.91 Å². The van der Waals surface area contributed by atoms with Gasteiger partial charge in [0.05, 0.1) is 0 Å². The number of rotatable bonds is 6. The Kier molecular flexibility index (Phi) is 6.57. The molecule has 0 radical (unpaired) electrons. The first-order valence-corrected chi connectivity index (χ1v) is 5.79. The minimum absolute atomic E-state index is 0. The average Bonchev–Trinajstić information content (AvgIpc) is 2.10. The normalized spacial score (nSPS) is 13.7. The minimum atomic E-state index is 0. The maximum atomic E-state index is 11.6. The van der Waals surface area contributed by atoms with E-state index < -0.39 is 0 Å². The molecule has 0 bridgehead atoms. The first-order valence-electron chi connectivity index (χ1n) is 5.79.